The summed E-state index contributed by atoms with van der Waals surface area (Å²) >= 11 is 0. The maximum absolute atomic E-state index is 14.7. The molecule has 3 aromatic rings. The van der Waals surface area contributed by atoms with Gasteiger partial charge in [-0.1, -0.05) is 74.6 Å². The zero-order valence-corrected chi connectivity index (χ0v) is 19.3. The molecule has 1 aliphatic carbocycles. The molecule has 3 aromatic carbocycles. The fraction of sp³-hybridized carbons (Fsp3) is 0.379. The highest BCUT2D eigenvalue weighted by atomic mass is 19.3. The van der Waals surface area contributed by atoms with E-state index in [1.165, 1.54) is 49.9 Å². The first kappa shape index (κ1) is 23.4. The standard InChI is InChI=1S/C29H31F3O/c1-20-3-7-22(8-4-20)9-10-23-11-15-25(16-12-23)29(31,32)33-26-17-18-27(28(30)19-26)24-13-5-21(2)6-14-24/h5-6,11-20,22H,3-4,7-10H2,1-2H3. The van der Waals surface area contributed by atoms with Gasteiger partial charge in [0, 0.05) is 11.6 Å². The Hall–Kier alpha value is -2.75. The van der Waals surface area contributed by atoms with E-state index < -0.39 is 11.9 Å². The molecule has 0 saturated heterocycles. The molecule has 1 aliphatic rings. The van der Waals surface area contributed by atoms with Crippen LogP contribution in [0.25, 0.3) is 11.1 Å². The van der Waals surface area contributed by atoms with E-state index in [2.05, 4.69) is 6.92 Å². The number of halogens is 3. The van der Waals surface area contributed by atoms with Crippen LogP contribution in [0.15, 0.2) is 66.7 Å². The molecule has 0 atom stereocenters. The summed E-state index contributed by atoms with van der Waals surface area (Å²) in [6, 6.07) is 17.6. The largest absolute Gasteiger partial charge is 0.429 e. The molecule has 0 aromatic heterocycles. The summed E-state index contributed by atoms with van der Waals surface area (Å²) in [6.45, 7) is 4.26. The summed E-state index contributed by atoms with van der Waals surface area (Å²) in [5.41, 5.74) is 2.92. The summed E-state index contributed by atoms with van der Waals surface area (Å²) in [7, 11) is 0. The Labute approximate surface area is 194 Å². The third-order valence-electron chi connectivity index (χ3n) is 6.82. The number of ether oxygens (including phenoxy) is 1. The highest BCUT2D eigenvalue weighted by Crippen LogP contribution is 2.35. The van der Waals surface area contributed by atoms with Crippen molar-refractivity contribution in [1.29, 1.82) is 0 Å². The lowest BCUT2D eigenvalue weighted by atomic mass is 9.80. The molecule has 1 saturated carbocycles. The zero-order chi connectivity index (χ0) is 23.4. The zero-order valence-electron chi connectivity index (χ0n) is 19.3. The van der Waals surface area contributed by atoms with Gasteiger partial charge in [0.2, 0.25) is 0 Å². The van der Waals surface area contributed by atoms with E-state index in [4.69, 9.17) is 4.74 Å². The van der Waals surface area contributed by atoms with Gasteiger partial charge in [0.05, 0.1) is 5.56 Å². The SMILES string of the molecule is Cc1ccc(-c2ccc(OC(F)(F)c3ccc(CCC4CCC(C)CC4)cc3)cc2F)cc1. The van der Waals surface area contributed by atoms with Gasteiger partial charge < -0.3 is 4.74 Å². The Kier molecular flexibility index (Phi) is 7.11. The van der Waals surface area contributed by atoms with Gasteiger partial charge in [-0.15, -0.1) is 0 Å². The van der Waals surface area contributed by atoms with Crippen LogP contribution in [0.2, 0.25) is 0 Å². The topological polar surface area (TPSA) is 9.23 Å². The monoisotopic (exact) mass is 452 g/mol. The number of hydrogen-bond donors (Lipinski definition) is 0. The van der Waals surface area contributed by atoms with Gasteiger partial charge in [-0.25, -0.2) is 4.39 Å². The molecular formula is C29H31F3O. The molecule has 4 heteroatoms. The van der Waals surface area contributed by atoms with Crippen LogP contribution in [-0.4, -0.2) is 0 Å². The van der Waals surface area contributed by atoms with Crippen LogP contribution in [0.4, 0.5) is 13.2 Å². The fourth-order valence-corrected chi connectivity index (χ4v) is 4.59. The first-order chi connectivity index (χ1) is 15.8. The molecule has 0 radical (unpaired) electrons. The Morgan fingerprint density at radius 1 is 0.879 bits per heavy atom. The van der Waals surface area contributed by atoms with Gasteiger partial charge in [0.25, 0.3) is 0 Å². The fourth-order valence-electron chi connectivity index (χ4n) is 4.59. The minimum absolute atomic E-state index is 0.205. The predicted molar refractivity (Wildman–Crippen MR) is 127 cm³/mol. The normalized spacial score (nSPS) is 18.8. The lowest BCUT2D eigenvalue weighted by Crippen LogP contribution is -2.22. The molecule has 1 fully saturated rings. The van der Waals surface area contributed by atoms with Crippen molar-refractivity contribution in [2.45, 2.75) is 58.5 Å². The highest BCUT2D eigenvalue weighted by Gasteiger charge is 2.34. The van der Waals surface area contributed by atoms with Crippen molar-refractivity contribution in [3.63, 3.8) is 0 Å². The Morgan fingerprint density at radius 3 is 2.18 bits per heavy atom. The molecular weight excluding hydrogens is 421 g/mol. The average molecular weight is 453 g/mol. The maximum Gasteiger partial charge on any atom is 0.426 e. The Morgan fingerprint density at radius 2 is 1.55 bits per heavy atom. The van der Waals surface area contributed by atoms with E-state index in [9.17, 15) is 13.2 Å². The first-order valence-corrected chi connectivity index (χ1v) is 11.8. The summed E-state index contributed by atoms with van der Waals surface area (Å²) in [6.07, 6.45) is 3.58. The van der Waals surface area contributed by atoms with Gasteiger partial charge in [0.15, 0.2) is 0 Å². The highest BCUT2D eigenvalue weighted by molar-refractivity contribution is 5.65. The number of hydrogen-bond acceptors (Lipinski definition) is 1. The molecule has 0 spiro atoms. The minimum atomic E-state index is -3.55. The maximum atomic E-state index is 14.7. The number of alkyl halides is 2. The van der Waals surface area contributed by atoms with Crippen LogP contribution >= 0.6 is 0 Å². The van der Waals surface area contributed by atoms with Crippen molar-refractivity contribution in [2.24, 2.45) is 11.8 Å². The second-order valence-electron chi connectivity index (χ2n) is 9.49. The smallest absolute Gasteiger partial charge is 0.426 e. The van der Waals surface area contributed by atoms with Crippen LogP contribution in [0, 0.1) is 24.6 Å². The Balaban J connectivity index is 1.38. The second kappa shape index (κ2) is 10.0. The summed E-state index contributed by atoms with van der Waals surface area (Å²) < 4.78 is 49.0. The van der Waals surface area contributed by atoms with Crippen molar-refractivity contribution in [3.05, 3.63) is 89.2 Å². The molecule has 33 heavy (non-hydrogen) atoms. The van der Waals surface area contributed by atoms with Gasteiger partial charge in [-0.3, -0.25) is 0 Å². The van der Waals surface area contributed by atoms with Gasteiger partial charge in [0.1, 0.15) is 11.6 Å². The quantitative estimate of drug-likeness (QED) is 0.348. The van der Waals surface area contributed by atoms with Gasteiger partial charge in [-0.2, -0.15) is 8.78 Å². The molecule has 0 unspecified atom stereocenters. The van der Waals surface area contributed by atoms with E-state index in [-0.39, 0.29) is 11.3 Å². The van der Waals surface area contributed by atoms with Crippen molar-refractivity contribution in [3.8, 4) is 16.9 Å². The first-order valence-electron chi connectivity index (χ1n) is 11.8. The summed E-state index contributed by atoms with van der Waals surface area (Å²) in [5, 5.41) is 0. The predicted octanol–water partition coefficient (Wildman–Crippen LogP) is 8.69. The van der Waals surface area contributed by atoms with E-state index in [1.807, 2.05) is 19.1 Å². The molecule has 0 amide bonds. The van der Waals surface area contributed by atoms with Crippen LogP contribution < -0.4 is 4.74 Å². The van der Waals surface area contributed by atoms with Crippen LogP contribution in [-0.2, 0) is 12.5 Å². The van der Waals surface area contributed by atoms with Gasteiger partial charge in [-0.05, 0) is 67.0 Å². The van der Waals surface area contributed by atoms with E-state index in [0.29, 0.717) is 11.1 Å². The molecule has 1 nitrogen and oxygen atoms in total. The molecule has 0 heterocycles. The third kappa shape index (κ3) is 5.98. The summed E-state index contributed by atoms with van der Waals surface area (Å²) in [5.74, 6) is 0.766. The van der Waals surface area contributed by atoms with Crippen LogP contribution in [0.3, 0.4) is 0 Å². The van der Waals surface area contributed by atoms with Crippen molar-refractivity contribution < 1.29 is 17.9 Å². The van der Waals surface area contributed by atoms with Crippen molar-refractivity contribution in [2.75, 3.05) is 0 Å². The number of aryl methyl sites for hydroxylation is 2. The molecule has 0 bridgehead atoms. The third-order valence-corrected chi connectivity index (χ3v) is 6.82. The second-order valence-corrected chi connectivity index (χ2v) is 9.49. The number of benzene rings is 3. The minimum Gasteiger partial charge on any atom is -0.429 e. The van der Waals surface area contributed by atoms with Crippen LogP contribution in [0.5, 0.6) is 5.75 Å². The van der Waals surface area contributed by atoms with Crippen molar-refractivity contribution >= 4 is 0 Å². The molecule has 174 valence electrons. The van der Waals surface area contributed by atoms with Gasteiger partial charge >= 0.3 is 6.11 Å². The molecule has 0 aliphatic heterocycles. The van der Waals surface area contributed by atoms with Crippen molar-refractivity contribution in [1.82, 2.24) is 0 Å². The van der Waals surface area contributed by atoms with E-state index in [1.54, 1.807) is 24.3 Å². The summed E-state index contributed by atoms with van der Waals surface area (Å²) in [4.78, 5) is 0. The lowest BCUT2D eigenvalue weighted by Gasteiger charge is -2.26. The molecule has 0 N–H and O–H groups in total. The van der Waals surface area contributed by atoms with E-state index in [0.717, 1.165) is 41.9 Å². The van der Waals surface area contributed by atoms with Crippen LogP contribution in [0.1, 0.15) is 55.7 Å². The van der Waals surface area contributed by atoms with E-state index >= 15 is 0 Å². The molecule has 4 rings (SSSR count). The number of rotatable bonds is 7. The lowest BCUT2D eigenvalue weighted by molar-refractivity contribution is -0.185. The average Bonchev–Trinajstić information content (AvgIpc) is 2.80. The Bertz CT molecular complexity index is 1050.